The van der Waals surface area contributed by atoms with E-state index in [0.717, 1.165) is 11.1 Å². The molecule has 1 heterocycles. The van der Waals surface area contributed by atoms with Gasteiger partial charge in [-0.1, -0.05) is 17.8 Å². The van der Waals surface area contributed by atoms with Crippen LogP contribution < -0.4 is 0 Å². The Morgan fingerprint density at radius 1 is 1.08 bits per heavy atom. The van der Waals surface area contributed by atoms with E-state index in [4.69, 9.17) is 4.42 Å². The monoisotopic (exact) mass is 356 g/mol. The highest BCUT2D eigenvalue weighted by atomic mass is 32.2. The number of aryl methyl sites for hydroxylation is 2. The minimum absolute atomic E-state index is 0.115. The molecule has 2 aromatic carbocycles. The van der Waals surface area contributed by atoms with Crippen molar-refractivity contribution < 1.29 is 13.6 Å². The molecule has 3 aromatic rings. The Hall–Kier alpha value is -2.47. The lowest BCUT2D eigenvalue weighted by Gasteiger charge is -2.07. The predicted molar refractivity (Wildman–Crippen MR) is 95.3 cm³/mol. The Bertz CT molecular complexity index is 906. The first-order chi connectivity index (χ1) is 11.9. The number of nitrogens with zero attached hydrogens (tertiary/aromatic N) is 2. The fourth-order valence-corrected chi connectivity index (χ4v) is 3.06. The van der Waals surface area contributed by atoms with Gasteiger partial charge in [0.25, 0.3) is 5.22 Å². The lowest BCUT2D eigenvalue weighted by Crippen LogP contribution is -2.13. The molecule has 4 nitrogen and oxygen atoms in total. The van der Waals surface area contributed by atoms with Crippen LogP contribution >= 0.6 is 11.8 Å². The number of ketones is 1. The van der Waals surface area contributed by atoms with Gasteiger partial charge in [0.15, 0.2) is 5.78 Å². The summed E-state index contributed by atoms with van der Waals surface area (Å²) < 4.78 is 18.6. The third kappa shape index (κ3) is 3.96. The van der Waals surface area contributed by atoms with Crippen molar-refractivity contribution >= 4 is 17.5 Å². The van der Waals surface area contributed by atoms with E-state index in [0.29, 0.717) is 16.7 Å². The van der Waals surface area contributed by atoms with Gasteiger partial charge in [-0.2, -0.15) is 0 Å². The predicted octanol–water partition coefficient (Wildman–Crippen LogP) is 4.86. The number of hydrogen-bond donors (Lipinski definition) is 0. The van der Waals surface area contributed by atoms with Crippen LogP contribution in [0.1, 0.15) is 28.4 Å². The maximum Gasteiger partial charge on any atom is 0.277 e. The molecule has 1 unspecified atom stereocenters. The molecule has 1 aromatic heterocycles. The summed E-state index contributed by atoms with van der Waals surface area (Å²) in [7, 11) is 0. The highest BCUT2D eigenvalue weighted by Gasteiger charge is 2.20. The Morgan fingerprint density at radius 3 is 2.48 bits per heavy atom. The second-order valence-electron chi connectivity index (χ2n) is 5.80. The zero-order valence-corrected chi connectivity index (χ0v) is 14.9. The summed E-state index contributed by atoms with van der Waals surface area (Å²) in [6.07, 6.45) is 0. The summed E-state index contributed by atoms with van der Waals surface area (Å²) in [6.45, 7) is 5.82. The minimum Gasteiger partial charge on any atom is -0.411 e. The average Bonchev–Trinajstić information content (AvgIpc) is 3.06. The lowest BCUT2D eigenvalue weighted by atomic mass is 10.1. The number of benzene rings is 2. The molecule has 0 bridgehead atoms. The van der Waals surface area contributed by atoms with Crippen molar-refractivity contribution in [3.63, 3.8) is 0 Å². The fourth-order valence-electron chi connectivity index (χ4n) is 2.30. The van der Waals surface area contributed by atoms with Crippen LogP contribution in [0.15, 0.2) is 52.1 Å². The van der Waals surface area contributed by atoms with E-state index < -0.39 is 5.25 Å². The largest absolute Gasteiger partial charge is 0.411 e. The lowest BCUT2D eigenvalue weighted by molar-refractivity contribution is 0.0993. The fraction of sp³-hybridized carbons (Fsp3) is 0.211. The molecule has 0 fully saturated rings. The maximum absolute atomic E-state index is 13.0. The molecule has 6 heteroatoms. The van der Waals surface area contributed by atoms with Crippen molar-refractivity contribution in [1.29, 1.82) is 0 Å². The number of aromatic nitrogens is 2. The quantitative estimate of drug-likeness (QED) is 0.483. The molecule has 1 atom stereocenters. The molecule has 0 spiro atoms. The molecule has 0 saturated heterocycles. The van der Waals surface area contributed by atoms with E-state index in [-0.39, 0.29) is 11.6 Å². The van der Waals surface area contributed by atoms with E-state index >= 15 is 0 Å². The van der Waals surface area contributed by atoms with Crippen LogP contribution in [0.5, 0.6) is 0 Å². The SMILES string of the molecule is Cc1ccc(-c2nnc(SC(C)C(=O)c3ccc(F)cc3)o2)cc1C. The molecule has 0 N–H and O–H groups in total. The number of carbonyl (C=O) groups is 1. The molecule has 0 amide bonds. The van der Waals surface area contributed by atoms with Gasteiger partial charge in [-0.25, -0.2) is 4.39 Å². The number of carbonyl (C=O) groups excluding carboxylic acids is 1. The van der Waals surface area contributed by atoms with Crippen LogP contribution in [-0.2, 0) is 0 Å². The summed E-state index contributed by atoms with van der Waals surface area (Å²) in [5.74, 6) is -0.0604. The highest BCUT2D eigenvalue weighted by molar-refractivity contribution is 8.00. The van der Waals surface area contributed by atoms with E-state index in [1.165, 1.54) is 41.6 Å². The Balaban J connectivity index is 1.73. The molecule has 0 saturated carbocycles. The van der Waals surface area contributed by atoms with E-state index in [9.17, 15) is 9.18 Å². The minimum atomic E-state index is -0.418. The first-order valence-corrected chi connectivity index (χ1v) is 8.69. The van der Waals surface area contributed by atoms with Crippen molar-refractivity contribution in [3.8, 4) is 11.5 Å². The van der Waals surface area contributed by atoms with Crippen LogP contribution in [0.25, 0.3) is 11.5 Å². The van der Waals surface area contributed by atoms with Gasteiger partial charge >= 0.3 is 0 Å². The van der Waals surface area contributed by atoms with Gasteiger partial charge in [-0.05, 0) is 68.3 Å². The number of halogens is 1. The van der Waals surface area contributed by atoms with Gasteiger partial charge in [-0.15, -0.1) is 10.2 Å². The van der Waals surface area contributed by atoms with Crippen molar-refractivity contribution in [2.75, 3.05) is 0 Å². The second kappa shape index (κ2) is 7.19. The topological polar surface area (TPSA) is 56.0 Å². The number of Topliss-reactive ketones (excluding diaryl/α,β-unsaturated/α-hetero) is 1. The highest BCUT2D eigenvalue weighted by Crippen LogP contribution is 2.28. The van der Waals surface area contributed by atoms with Crippen LogP contribution in [0.2, 0.25) is 0 Å². The molecule has 128 valence electrons. The Kier molecular flexibility index (Phi) is 4.99. The molecular weight excluding hydrogens is 339 g/mol. The van der Waals surface area contributed by atoms with E-state index in [1.54, 1.807) is 6.92 Å². The first kappa shape index (κ1) is 17.4. The molecule has 0 aliphatic rings. The summed E-state index contributed by atoms with van der Waals surface area (Å²) in [5.41, 5.74) is 3.64. The van der Waals surface area contributed by atoms with Gasteiger partial charge in [0.1, 0.15) is 5.82 Å². The zero-order chi connectivity index (χ0) is 18.0. The van der Waals surface area contributed by atoms with Crippen LogP contribution in [0.3, 0.4) is 0 Å². The normalized spacial score (nSPS) is 12.2. The van der Waals surface area contributed by atoms with Crippen molar-refractivity contribution in [3.05, 3.63) is 65.0 Å². The smallest absolute Gasteiger partial charge is 0.277 e. The molecular formula is C19H17FN2O2S. The van der Waals surface area contributed by atoms with E-state index in [1.807, 2.05) is 32.0 Å². The van der Waals surface area contributed by atoms with Crippen molar-refractivity contribution in [2.24, 2.45) is 0 Å². The van der Waals surface area contributed by atoms with Crippen LogP contribution in [0.4, 0.5) is 4.39 Å². The van der Waals surface area contributed by atoms with Gasteiger partial charge in [0.05, 0.1) is 5.25 Å². The average molecular weight is 356 g/mol. The molecule has 25 heavy (non-hydrogen) atoms. The molecule has 3 rings (SSSR count). The summed E-state index contributed by atoms with van der Waals surface area (Å²) in [5, 5.41) is 7.98. The standard InChI is InChI=1S/C19H17FN2O2S/c1-11-4-5-15(10-12(11)2)18-21-22-19(24-18)25-13(3)17(23)14-6-8-16(20)9-7-14/h4-10,13H,1-3H3. The van der Waals surface area contributed by atoms with E-state index in [2.05, 4.69) is 10.2 Å². The second-order valence-corrected chi connectivity index (χ2v) is 7.10. The third-order valence-corrected chi connectivity index (χ3v) is 4.87. The van der Waals surface area contributed by atoms with Gasteiger partial charge in [0.2, 0.25) is 5.89 Å². The van der Waals surface area contributed by atoms with Crippen LogP contribution in [-0.4, -0.2) is 21.2 Å². The molecule has 0 radical (unpaired) electrons. The Morgan fingerprint density at radius 2 is 1.80 bits per heavy atom. The number of thioether (sulfide) groups is 1. The maximum atomic E-state index is 13.0. The van der Waals surface area contributed by atoms with Gasteiger partial charge in [-0.3, -0.25) is 4.79 Å². The zero-order valence-electron chi connectivity index (χ0n) is 14.1. The Labute approximate surface area is 149 Å². The number of rotatable bonds is 5. The van der Waals surface area contributed by atoms with Gasteiger partial charge in [0, 0.05) is 11.1 Å². The van der Waals surface area contributed by atoms with Crippen molar-refractivity contribution in [2.45, 2.75) is 31.2 Å². The summed E-state index contributed by atoms with van der Waals surface area (Å²) in [6, 6.07) is 11.4. The van der Waals surface area contributed by atoms with Crippen molar-refractivity contribution in [1.82, 2.24) is 10.2 Å². The molecule has 0 aliphatic heterocycles. The summed E-state index contributed by atoms with van der Waals surface area (Å²) >= 11 is 1.19. The van der Waals surface area contributed by atoms with Gasteiger partial charge < -0.3 is 4.42 Å². The van der Waals surface area contributed by atoms with Crippen LogP contribution in [0, 0.1) is 19.7 Å². The first-order valence-electron chi connectivity index (χ1n) is 7.81. The summed E-state index contributed by atoms with van der Waals surface area (Å²) in [4.78, 5) is 12.4. The third-order valence-electron chi connectivity index (χ3n) is 3.94. The molecule has 0 aliphatic carbocycles. The number of hydrogen-bond acceptors (Lipinski definition) is 5.